The van der Waals surface area contributed by atoms with Crippen molar-refractivity contribution in [2.45, 2.75) is 12.5 Å². The van der Waals surface area contributed by atoms with E-state index >= 15 is 0 Å². The van der Waals surface area contributed by atoms with Crippen molar-refractivity contribution in [3.05, 3.63) is 108 Å². The van der Waals surface area contributed by atoms with Crippen LogP contribution in [0.2, 0.25) is 0 Å². The fourth-order valence-electron chi connectivity index (χ4n) is 3.54. The minimum atomic E-state index is 0.158. The fraction of sp³-hybridized carbons (Fsp3) is 0.0833. The molecule has 0 aliphatic carbocycles. The molecule has 5 rings (SSSR count). The molecule has 4 aromatic rings. The molecular formula is C24H19N3S. The minimum absolute atomic E-state index is 0.158. The first-order chi connectivity index (χ1) is 13.9. The summed E-state index contributed by atoms with van der Waals surface area (Å²) in [6, 6.07) is 31.5. The number of hydrazone groups is 1. The Morgan fingerprint density at radius 3 is 2.04 bits per heavy atom. The highest BCUT2D eigenvalue weighted by Gasteiger charge is 2.31. The molecule has 1 aliphatic heterocycles. The molecule has 0 fully saturated rings. The van der Waals surface area contributed by atoms with E-state index in [1.54, 1.807) is 11.3 Å². The minimum Gasteiger partial charge on any atom is -0.231 e. The molecule has 0 unspecified atom stereocenters. The normalized spacial score (nSPS) is 16.2. The summed E-state index contributed by atoms with van der Waals surface area (Å²) in [5, 5.41) is 10.1. The summed E-state index contributed by atoms with van der Waals surface area (Å²) in [5.74, 6) is 0. The summed E-state index contributed by atoms with van der Waals surface area (Å²) < 4.78 is 0. The van der Waals surface area contributed by atoms with E-state index in [2.05, 4.69) is 77.1 Å². The molecule has 0 saturated heterocycles. The molecule has 1 aromatic heterocycles. The molecule has 28 heavy (non-hydrogen) atoms. The summed E-state index contributed by atoms with van der Waals surface area (Å²) in [6.45, 7) is 0. The standard InChI is InChI=1S/C24H19N3S/c1-4-10-18(11-5-1)21-16-23(20-14-8-3-9-15-20)27(26-21)24-25-22(17-28-24)19-12-6-2-7-13-19/h1-15,17,23H,16H2/t23-/m0/s1. The Labute approximate surface area is 168 Å². The van der Waals surface area contributed by atoms with Crippen molar-refractivity contribution in [3.8, 4) is 11.3 Å². The van der Waals surface area contributed by atoms with E-state index in [0.717, 1.165) is 28.5 Å². The second kappa shape index (κ2) is 7.41. The second-order valence-corrected chi connectivity index (χ2v) is 7.61. The zero-order chi connectivity index (χ0) is 18.8. The van der Waals surface area contributed by atoms with Crippen LogP contribution in [0.3, 0.4) is 0 Å². The third-order valence-corrected chi connectivity index (χ3v) is 5.79. The van der Waals surface area contributed by atoms with Crippen LogP contribution in [0.25, 0.3) is 11.3 Å². The van der Waals surface area contributed by atoms with Crippen molar-refractivity contribution >= 4 is 22.2 Å². The number of nitrogens with zero attached hydrogens (tertiary/aromatic N) is 3. The van der Waals surface area contributed by atoms with Gasteiger partial charge in [0, 0.05) is 17.4 Å². The Morgan fingerprint density at radius 1 is 0.750 bits per heavy atom. The monoisotopic (exact) mass is 381 g/mol. The van der Waals surface area contributed by atoms with Crippen molar-refractivity contribution in [2.24, 2.45) is 5.10 Å². The van der Waals surface area contributed by atoms with Gasteiger partial charge in [-0.1, -0.05) is 91.0 Å². The van der Waals surface area contributed by atoms with Crippen LogP contribution in [-0.4, -0.2) is 10.7 Å². The van der Waals surface area contributed by atoms with Gasteiger partial charge in [-0.05, 0) is 11.1 Å². The van der Waals surface area contributed by atoms with Crippen molar-refractivity contribution in [2.75, 3.05) is 5.01 Å². The van der Waals surface area contributed by atoms with Crippen LogP contribution in [0.1, 0.15) is 23.6 Å². The summed E-state index contributed by atoms with van der Waals surface area (Å²) in [7, 11) is 0. The Hall–Kier alpha value is -3.24. The predicted molar refractivity (Wildman–Crippen MR) is 117 cm³/mol. The molecular weight excluding hydrogens is 362 g/mol. The van der Waals surface area contributed by atoms with Gasteiger partial charge in [-0.3, -0.25) is 0 Å². The first-order valence-electron chi connectivity index (χ1n) is 9.36. The fourth-order valence-corrected chi connectivity index (χ4v) is 4.37. The lowest BCUT2D eigenvalue weighted by Crippen LogP contribution is -2.18. The highest BCUT2D eigenvalue weighted by molar-refractivity contribution is 7.14. The Kier molecular flexibility index (Phi) is 4.47. The van der Waals surface area contributed by atoms with Crippen LogP contribution >= 0.6 is 11.3 Å². The maximum Gasteiger partial charge on any atom is 0.207 e. The van der Waals surface area contributed by atoms with Gasteiger partial charge in [0.2, 0.25) is 5.13 Å². The molecule has 0 radical (unpaired) electrons. The van der Waals surface area contributed by atoms with Gasteiger partial charge < -0.3 is 0 Å². The number of rotatable bonds is 4. The molecule has 3 aromatic carbocycles. The van der Waals surface area contributed by atoms with Crippen molar-refractivity contribution in [3.63, 3.8) is 0 Å². The Balaban J connectivity index is 1.54. The van der Waals surface area contributed by atoms with Gasteiger partial charge in [-0.2, -0.15) is 5.10 Å². The van der Waals surface area contributed by atoms with E-state index < -0.39 is 0 Å². The van der Waals surface area contributed by atoms with Crippen molar-refractivity contribution in [1.82, 2.24) is 4.98 Å². The number of aromatic nitrogens is 1. The molecule has 136 valence electrons. The smallest absolute Gasteiger partial charge is 0.207 e. The average molecular weight is 382 g/mol. The van der Waals surface area contributed by atoms with Crippen LogP contribution in [0.4, 0.5) is 5.13 Å². The largest absolute Gasteiger partial charge is 0.231 e. The molecule has 0 spiro atoms. The topological polar surface area (TPSA) is 28.5 Å². The van der Waals surface area contributed by atoms with Crippen molar-refractivity contribution in [1.29, 1.82) is 0 Å². The first kappa shape index (κ1) is 16.9. The van der Waals surface area contributed by atoms with Crippen LogP contribution in [0, 0.1) is 0 Å². The molecule has 2 heterocycles. The van der Waals surface area contributed by atoms with Crippen LogP contribution < -0.4 is 5.01 Å². The van der Waals surface area contributed by atoms with Gasteiger partial charge in [0.15, 0.2) is 0 Å². The van der Waals surface area contributed by atoms with Crippen LogP contribution in [0.15, 0.2) is 101 Å². The van der Waals surface area contributed by atoms with Gasteiger partial charge in [0.25, 0.3) is 0 Å². The third-order valence-electron chi connectivity index (χ3n) is 4.96. The summed E-state index contributed by atoms with van der Waals surface area (Å²) in [6.07, 6.45) is 0.869. The summed E-state index contributed by atoms with van der Waals surface area (Å²) in [4.78, 5) is 4.90. The highest BCUT2D eigenvalue weighted by Crippen LogP contribution is 2.39. The molecule has 3 nitrogen and oxygen atoms in total. The quantitative estimate of drug-likeness (QED) is 0.423. The van der Waals surface area contributed by atoms with E-state index in [-0.39, 0.29) is 6.04 Å². The zero-order valence-electron chi connectivity index (χ0n) is 15.3. The summed E-state index contributed by atoms with van der Waals surface area (Å²) >= 11 is 1.65. The predicted octanol–water partition coefficient (Wildman–Crippen LogP) is 6.17. The lowest BCUT2D eigenvalue weighted by atomic mass is 9.99. The van der Waals surface area contributed by atoms with Gasteiger partial charge in [0.1, 0.15) is 0 Å². The van der Waals surface area contributed by atoms with E-state index in [1.807, 2.05) is 24.3 Å². The molecule has 1 atom stereocenters. The molecule has 0 bridgehead atoms. The van der Waals surface area contributed by atoms with Gasteiger partial charge >= 0.3 is 0 Å². The number of thiazole rings is 1. The third kappa shape index (κ3) is 3.23. The van der Waals surface area contributed by atoms with E-state index in [0.29, 0.717) is 0 Å². The second-order valence-electron chi connectivity index (χ2n) is 6.77. The maximum absolute atomic E-state index is 4.99. The van der Waals surface area contributed by atoms with Gasteiger partial charge in [-0.25, -0.2) is 9.99 Å². The number of hydrogen-bond donors (Lipinski definition) is 0. The van der Waals surface area contributed by atoms with Crippen LogP contribution in [-0.2, 0) is 0 Å². The van der Waals surface area contributed by atoms with E-state index in [4.69, 9.17) is 10.1 Å². The van der Waals surface area contributed by atoms with Crippen LogP contribution in [0.5, 0.6) is 0 Å². The average Bonchev–Trinajstić information content (AvgIpc) is 3.43. The number of hydrogen-bond acceptors (Lipinski definition) is 4. The van der Waals surface area contributed by atoms with Gasteiger partial charge in [-0.15, -0.1) is 11.3 Å². The van der Waals surface area contributed by atoms with E-state index in [1.165, 1.54) is 11.1 Å². The first-order valence-corrected chi connectivity index (χ1v) is 10.2. The molecule has 0 N–H and O–H groups in total. The molecule has 4 heteroatoms. The Morgan fingerprint density at radius 2 is 1.36 bits per heavy atom. The molecule has 0 saturated carbocycles. The van der Waals surface area contributed by atoms with E-state index in [9.17, 15) is 0 Å². The SMILES string of the molecule is c1ccc(C2=NN(c3nc(-c4ccccc4)cs3)[C@H](c3ccccc3)C2)cc1. The highest BCUT2D eigenvalue weighted by atomic mass is 32.1. The lowest BCUT2D eigenvalue weighted by molar-refractivity contribution is 0.706. The van der Waals surface area contributed by atoms with Crippen molar-refractivity contribution < 1.29 is 0 Å². The lowest BCUT2D eigenvalue weighted by Gasteiger charge is -2.21. The Bertz CT molecular complexity index is 1090. The number of anilines is 1. The molecule has 0 amide bonds. The maximum atomic E-state index is 4.99. The summed E-state index contributed by atoms with van der Waals surface area (Å²) in [5.41, 5.74) is 5.66. The number of benzene rings is 3. The molecule has 1 aliphatic rings. The zero-order valence-corrected chi connectivity index (χ0v) is 16.1. The van der Waals surface area contributed by atoms with Gasteiger partial charge in [0.05, 0.1) is 17.4 Å².